The summed E-state index contributed by atoms with van der Waals surface area (Å²) in [6.45, 7) is 7.52. The number of carbonyl (C=O) groups excluding carboxylic acids is 1. The van der Waals surface area contributed by atoms with Gasteiger partial charge in [0.15, 0.2) is 0 Å². The molecule has 0 aliphatic carbocycles. The van der Waals surface area contributed by atoms with Crippen LogP contribution < -0.4 is 0 Å². The number of nitrogens with zero attached hydrogens (tertiary/aromatic N) is 3. The molecule has 7 heteroatoms. The number of hydrogen-bond donors (Lipinski definition) is 0. The van der Waals surface area contributed by atoms with E-state index in [1.54, 1.807) is 14.0 Å². The molecule has 0 saturated heterocycles. The van der Waals surface area contributed by atoms with Gasteiger partial charge in [-0.3, -0.25) is 0 Å². The maximum Gasteiger partial charge on any atom is 0.410 e. The van der Waals surface area contributed by atoms with Crippen molar-refractivity contribution in [3.8, 4) is 6.07 Å². The number of carbonyl (C=O) groups is 1. The molecular formula is C22H26FN3O2S. The lowest BCUT2D eigenvalue weighted by Gasteiger charge is -2.26. The molecule has 0 N–H and O–H groups in total. The molecule has 1 amide bonds. The van der Waals surface area contributed by atoms with Gasteiger partial charge in [0.05, 0.1) is 11.3 Å². The van der Waals surface area contributed by atoms with E-state index in [2.05, 4.69) is 4.98 Å². The first-order chi connectivity index (χ1) is 13.6. The zero-order valence-corrected chi connectivity index (χ0v) is 18.2. The molecule has 0 aliphatic rings. The zero-order valence-electron chi connectivity index (χ0n) is 17.4. The van der Waals surface area contributed by atoms with Crippen molar-refractivity contribution in [2.45, 2.75) is 50.0 Å². The molecule has 1 aromatic heterocycles. The molecule has 1 aromatic carbocycles. The van der Waals surface area contributed by atoms with E-state index in [4.69, 9.17) is 4.74 Å². The molecule has 29 heavy (non-hydrogen) atoms. The number of thioether (sulfide) groups is 1. The highest BCUT2D eigenvalue weighted by Crippen LogP contribution is 2.38. The minimum atomic E-state index is -0.559. The Hall–Kier alpha value is -2.59. The van der Waals surface area contributed by atoms with E-state index in [1.165, 1.54) is 22.7 Å². The Morgan fingerprint density at radius 3 is 2.59 bits per heavy atom. The second-order valence-corrected chi connectivity index (χ2v) is 8.92. The summed E-state index contributed by atoms with van der Waals surface area (Å²) in [6.07, 6.45) is 0.232. The van der Waals surface area contributed by atoms with Gasteiger partial charge in [-0.2, -0.15) is 5.26 Å². The van der Waals surface area contributed by atoms with Crippen LogP contribution in [0.15, 0.2) is 41.4 Å². The van der Waals surface area contributed by atoms with Crippen LogP contribution in [0.2, 0.25) is 0 Å². The van der Waals surface area contributed by atoms with Crippen LogP contribution in [-0.2, 0) is 4.74 Å². The van der Waals surface area contributed by atoms with E-state index < -0.39 is 11.4 Å². The molecule has 0 saturated carbocycles. The molecule has 0 aliphatic heterocycles. The molecule has 0 spiro atoms. The predicted octanol–water partition coefficient (Wildman–Crippen LogP) is 5.49. The number of hydrogen-bond acceptors (Lipinski definition) is 5. The Balaban J connectivity index is 2.21. The number of amides is 1. The minimum absolute atomic E-state index is 0.0643. The van der Waals surface area contributed by atoms with Gasteiger partial charge in [0.25, 0.3) is 0 Å². The van der Waals surface area contributed by atoms with Crippen LogP contribution in [0, 0.1) is 24.1 Å². The van der Waals surface area contributed by atoms with E-state index in [0.29, 0.717) is 18.0 Å². The third-order valence-corrected chi connectivity index (χ3v) is 5.42. The molecule has 5 nitrogen and oxygen atoms in total. The lowest BCUT2D eigenvalue weighted by molar-refractivity contribution is 0.0297. The predicted molar refractivity (Wildman–Crippen MR) is 112 cm³/mol. The summed E-state index contributed by atoms with van der Waals surface area (Å²) in [4.78, 5) is 18.1. The monoisotopic (exact) mass is 415 g/mol. The van der Waals surface area contributed by atoms with Gasteiger partial charge in [-0.05, 0) is 45.7 Å². The molecule has 0 radical (unpaired) electrons. The van der Waals surface area contributed by atoms with Gasteiger partial charge in [0.2, 0.25) is 0 Å². The maximum atomic E-state index is 13.8. The Kier molecular flexibility index (Phi) is 7.63. The summed E-state index contributed by atoms with van der Waals surface area (Å²) in [5.41, 5.74) is 0.947. The first-order valence-electron chi connectivity index (χ1n) is 9.33. The lowest BCUT2D eigenvalue weighted by atomic mass is 10.1. The van der Waals surface area contributed by atoms with Crippen molar-refractivity contribution < 1.29 is 13.9 Å². The molecule has 1 heterocycles. The van der Waals surface area contributed by atoms with E-state index in [0.717, 1.165) is 5.56 Å². The maximum absolute atomic E-state index is 13.8. The second kappa shape index (κ2) is 9.75. The first-order valence-corrected chi connectivity index (χ1v) is 10.2. The van der Waals surface area contributed by atoms with Crippen molar-refractivity contribution in [3.63, 3.8) is 0 Å². The van der Waals surface area contributed by atoms with Crippen molar-refractivity contribution in [1.82, 2.24) is 9.88 Å². The van der Waals surface area contributed by atoms with E-state index in [1.807, 2.05) is 57.2 Å². The van der Waals surface area contributed by atoms with E-state index >= 15 is 0 Å². The summed E-state index contributed by atoms with van der Waals surface area (Å²) in [7, 11) is 1.70. The number of nitriles is 1. The highest BCUT2D eigenvalue weighted by molar-refractivity contribution is 7.99. The fraction of sp³-hybridized carbons (Fsp3) is 0.409. The number of benzene rings is 1. The number of ether oxygens (including phenoxy) is 1. The van der Waals surface area contributed by atoms with Gasteiger partial charge in [-0.15, -0.1) is 0 Å². The number of pyridine rings is 1. The molecular weight excluding hydrogens is 389 g/mol. The van der Waals surface area contributed by atoms with Crippen LogP contribution in [0.5, 0.6) is 0 Å². The molecule has 154 valence electrons. The summed E-state index contributed by atoms with van der Waals surface area (Å²) >= 11 is 1.40. The topological polar surface area (TPSA) is 66.2 Å². The van der Waals surface area contributed by atoms with Gasteiger partial charge < -0.3 is 9.64 Å². The van der Waals surface area contributed by atoms with Crippen LogP contribution in [0.1, 0.15) is 49.3 Å². The van der Waals surface area contributed by atoms with E-state index in [9.17, 15) is 14.4 Å². The van der Waals surface area contributed by atoms with Crippen molar-refractivity contribution in [1.29, 1.82) is 5.26 Å². The average Bonchev–Trinajstić information content (AvgIpc) is 2.66. The Morgan fingerprint density at radius 1 is 1.34 bits per heavy atom. The molecule has 0 unspecified atom stereocenters. The van der Waals surface area contributed by atoms with Crippen LogP contribution in [0.3, 0.4) is 0 Å². The molecule has 2 aromatic rings. The van der Waals surface area contributed by atoms with Crippen molar-refractivity contribution >= 4 is 17.9 Å². The summed E-state index contributed by atoms with van der Waals surface area (Å²) < 4.78 is 19.2. The quantitative estimate of drug-likeness (QED) is 0.584. The fourth-order valence-corrected chi connectivity index (χ4v) is 3.77. The van der Waals surface area contributed by atoms with Crippen molar-refractivity contribution in [3.05, 3.63) is 59.0 Å². The smallest absolute Gasteiger partial charge is 0.410 e. The zero-order chi connectivity index (χ0) is 21.6. The molecule has 1 atom stereocenters. The molecule has 0 bridgehead atoms. The first kappa shape index (κ1) is 22.7. The molecule has 0 fully saturated rings. The number of rotatable bonds is 6. The van der Waals surface area contributed by atoms with Gasteiger partial charge >= 0.3 is 6.09 Å². The van der Waals surface area contributed by atoms with Crippen LogP contribution >= 0.6 is 11.8 Å². The summed E-state index contributed by atoms with van der Waals surface area (Å²) in [5, 5.41) is 9.80. The average molecular weight is 416 g/mol. The second-order valence-electron chi connectivity index (χ2n) is 7.73. The summed E-state index contributed by atoms with van der Waals surface area (Å²) in [5.74, 6) is -0.494. The Labute approximate surface area is 175 Å². The van der Waals surface area contributed by atoms with Crippen molar-refractivity contribution in [2.24, 2.45) is 0 Å². The van der Waals surface area contributed by atoms with Crippen LogP contribution in [0.4, 0.5) is 9.18 Å². The third-order valence-electron chi connectivity index (χ3n) is 4.09. The lowest BCUT2D eigenvalue weighted by Crippen LogP contribution is -2.35. The minimum Gasteiger partial charge on any atom is -0.444 e. The molecule has 2 rings (SSSR count). The Bertz CT molecular complexity index is 891. The van der Waals surface area contributed by atoms with Crippen molar-refractivity contribution in [2.75, 3.05) is 13.6 Å². The van der Waals surface area contributed by atoms with Gasteiger partial charge in [-0.1, -0.05) is 42.1 Å². The van der Waals surface area contributed by atoms with Crippen LogP contribution in [0.25, 0.3) is 0 Å². The number of aryl methyl sites for hydroxylation is 1. The van der Waals surface area contributed by atoms with E-state index in [-0.39, 0.29) is 22.6 Å². The van der Waals surface area contributed by atoms with Crippen LogP contribution in [-0.4, -0.2) is 35.2 Å². The third kappa shape index (κ3) is 6.75. The van der Waals surface area contributed by atoms with Gasteiger partial charge in [-0.25, -0.2) is 14.2 Å². The largest absolute Gasteiger partial charge is 0.444 e. The highest BCUT2D eigenvalue weighted by atomic mass is 32.2. The fourth-order valence-electron chi connectivity index (χ4n) is 2.57. The number of aromatic nitrogens is 1. The highest BCUT2D eigenvalue weighted by Gasteiger charge is 2.22. The summed E-state index contributed by atoms with van der Waals surface area (Å²) in [6, 6.07) is 13.0. The van der Waals surface area contributed by atoms with Gasteiger partial charge in [0, 0.05) is 18.8 Å². The Morgan fingerprint density at radius 2 is 2.00 bits per heavy atom. The SMILES string of the molecule is Cc1nc(S[C@H](CCN(C)C(=O)OC(C)(C)C)c2ccccc2)c(C#N)cc1F. The normalized spacial score (nSPS) is 12.2. The van der Waals surface area contributed by atoms with Gasteiger partial charge in [0.1, 0.15) is 22.5 Å². The number of halogens is 1. The standard InChI is InChI=1S/C22H26FN3O2S/c1-15-18(23)13-17(14-24)20(25-15)29-19(16-9-7-6-8-10-16)11-12-26(5)21(27)28-22(2,3)4/h6-10,13,19H,11-12H2,1-5H3/t19-/m1/s1.